The van der Waals surface area contributed by atoms with Gasteiger partial charge >= 0.3 is 5.97 Å². The minimum atomic E-state index is -0.736. The Morgan fingerprint density at radius 2 is 1.71 bits per heavy atom. The van der Waals surface area contributed by atoms with Crippen LogP contribution in [0.3, 0.4) is 0 Å². The number of hydrogen-bond acceptors (Lipinski definition) is 3. The maximum absolute atomic E-state index is 11.3. The van der Waals surface area contributed by atoms with Crippen molar-refractivity contribution in [3.05, 3.63) is 58.6 Å². The van der Waals surface area contributed by atoms with Gasteiger partial charge in [-0.1, -0.05) is 34.5 Å². The predicted molar refractivity (Wildman–Crippen MR) is 101 cm³/mol. The van der Waals surface area contributed by atoms with E-state index >= 15 is 0 Å². The van der Waals surface area contributed by atoms with Crippen LogP contribution in [0.5, 0.6) is 11.5 Å². The normalized spacial score (nSPS) is 20.5. The molecule has 1 fully saturated rings. The highest BCUT2D eigenvalue weighted by Gasteiger charge is 2.36. The van der Waals surface area contributed by atoms with Crippen LogP contribution in [0, 0.1) is 0 Å². The summed E-state index contributed by atoms with van der Waals surface area (Å²) < 4.78 is 6.55. The molecule has 0 aliphatic carbocycles. The Balaban J connectivity index is 1.79. The van der Waals surface area contributed by atoms with Gasteiger partial charge in [-0.15, -0.1) is 11.8 Å². The maximum Gasteiger partial charge on any atom is 0.305 e. The fourth-order valence-corrected chi connectivity index (χ4v) is 4.85. The average molecular weight is 407 g/mol. The number of rotatable bonds is 5. The molecule has 24 heavy (non-hydrogen) atoms. The number of carboxylic acids is 1. The number of carbonyl (C=O) groups is 1. The van der Waals surface area contributed by atoms with Crippen LogP contribution in [-0.2, 0) is 9.54 Å². The molecule has 1 N–H and O–H groups in total. The summed E-state index contributed by atoms with van der Waals surface area (Å²) in [5.41, 5.74) is 1.08. The fourth-order valence-electron chi connectivity index (χ4n) is 3.03. The molecule has 1 aliphatic heterocycles. The summed E-state index contributed by atoms with van der Waals surface area (Å²) in [6.45, 7) is 0. The summed E-state index contributed by atoms with van der Waals surface area (Å²) >= 11 is 5.18. The highest BCUT2D eigenvalue weighted by atomic mass is 79.9. The van der Waals surface area contributed by atoms with Crippen LogP contribution in [0.2, 0.25) is 0 Å². The number of hydrogen-bond donors (Lipinski definition) is 1. The fraction of sp³-hybridized carbons (Fsp3) is 0.316. The molecule has 1 saturated heterocycles. The Hall–Kier alpha value is -1.46. The van der Waals surface area contributed by atoms with Gasteiger partial charge in [0, 0.05) is 4.47 Å². The van der Waals surface area contributed by atoms with Crippen LogP contribution in [0.4, 0.5) is 0 Å². The summed E-state index contributed by atoms with van der Waals surface area (Å²) in [4.78, 5) is 11.3. The molecular weight excluding hydrogens is 388 g/mol. The smallest absolute Gasteiger partial charge is 0.305 e. The second kappa shape index (κ2) is 7.62. The third-order valence-corrected chi connectivity index (χ3v) is 6.38. The third-order valence-electron chi connectivity index (χ3n) is 4.22. The molecule has 1 unspecified atom stereocenters. The van der Waals surface area contributed by atoms with E-state index in [-0.39, 0.29) is 11.2 Å². The molecule has 2 aromatic rings. The van der Waals surface area contributed by atoms with Crippen molar-refractivity contribution in [1.82, 2.24) is 0 Å². The van der Waals surface area contributed by atoms with Gasteiger partial charge in [-0.2, -0.15) is 0 Å². The van der Waals surface area contributed by atoms with E-state index in [1.165, 1.54) is 0 Å². The van der Waals surface area contributed by atoms with Crippen LogP contribution in [-0.4, -0.2) is 16.8 Å². The molecule has 0 radical (unpaired) electrons. The Morgan fingerprint density at radius 3 is 2.25 bits per heavy atom. The summed E-state index contributed by atoms with van der Waals surface area (Å²) in [6, 6.07) is 15.5. The SMILES string of the molecule is O=C(O)CC1(c2ccc(Oc3ccc(Br)cc3)cc2)CCCCS1. The van der Waals surface area contributed by atoms with Gasteiger partial charge in [0.15, 0.2) is 0 Å². The Kier molecular flexibility index (Phi) is 5.51. The monoisotopic (exact) mass is 406 g/mol. The van der Waals surface area contributed by atoms with Gasteiger partial charge in [-0.3, -0.25) is 4.79 Å². The van der Waals surface area contributed by atoms with Crippen LogP contribution in [0.15, 0.2) is 53.0 Å². The first-order valence-corrected chi connectivity index (χ1v) is 9.75. The molecular formula is C19H19BrO3S. The predicted octanol–water partition coefficient (Wildman–Crippen LogP) is 5.83. The Morgan fingerprint density at radius 1 is 1.08 bits per heavy atom. The van der Waals surface area contributed by atoms with Crippen LogP contribution in [0.1, 0.15) is 31.2 Å². The summed E-state index contributed by atoms with van der Waals surface area (Å²) in [5, 5.41) is 9.32. The molecule has 0 aromatic heterocycles. The van der Waals surface area contributed by atoms with E-state index < -0.39 is 5.97 Å². The number of aliphatic carboxylic acids is 1. The topological polar surface area (TPSA) is 46.5 Å². The third kappa shape index (κ3) is 4.14. The second-order valence-electron chi connectivity index (χ2n) is 5.95. The standard InChI is InChI=1S/C19H19BrO3S/c20-15-5-9-17(10-6-15)23-16-7-3-14(4-8-16)19(13-18(21)22)11-1-2-12-24-19/h3-10H,1-2,11-13H2,(H,21,22). The van der Waals surface area contributed by atoms with E-state index in [1.807, 2.05) is 48.5 Å². The maximum atomic E-state index is 11.3. The van der Waals surface area contributed by atoms with Crippen LogP contribution >= 0.6 is 27.7 Å². The first-order valence-electron chi connectivity index (χ1n) is 7.97. The minimum Gasteiger partial charge on any atom is -0.481 e. The first kappa shape index (κ1) is 17.4. The molecule has 2 aromatic carbocycles. The Bertz CT molecular complexity index is 692. The molecule has 0 spiro atoms. The van der Waals surface area contributed by atoms with E-state index in [0.29, 0.717) is 0 Å². The van der Waals surface area contributed by atoms with Gasteiger partial charge in [-0.25, -0.2) is 0 Å². The number of halogens is 1. The highest BCUT2D eigenvalue weighted by molar-refractivity contribution is 9.10. The number of benzene rings is 2. The largest absolute Gasteiger partial charge is 0.481 e. The number of carboxylic acid groups (broad SMARTS) is 1. The van der Waals surface area contributed by atoms with Gasteiger partial charge in [0.25, 0.3) is 0 Å². The molecule has 1 aliphatic rings. The average Bonchev–Trinajstić information content (AvgIpc) is 2.58. The lowest BCUT2D eigenvalue weighted by Crippen LogP contribution is -2.28. The van der Waals surface area contributed by atoms with Crippen LogP contribution in [0.25, 0.3) is 0 Å². The highest BCUT2D eigenvalue weighted by Crippen LogP contribution is 2.48. The summed E-state index contributed by atoms with van der Waals surface area (Å²) in [7, 11) is 0. The molecule has 1 heterocycles. The van der Waals surface area contributed by atoms with E-state index in [4.69, 9.17) is 4.74 Å². The molecule has 0 saturated carbocycles. The molecule has 5 heteroatoms. The molecule has 0 bridgehead atoms. The van der Waals surface area contributed by atoms with Gasteiger partial charge in [-0.05, 0) is 60.6 Å². The number of ether oxygens (including phenoxy) is 1. The van der Waals surface area contributed by atoms with Crippen molar-refractivity contribution in [2.45, 2.75) is 30.4 Å². The van der Waals surface area contributed by atoms with Gasteiger partial charge in [0.2, 0.25) is 0 Å². The van der Waals surface area contributed by atoms with Crippen LogP contribution < -0.4 is 4.74 Å². The molecule has 0 amide bonds. The molecule has 3 rings (SSSR count). The van der Waals surface area contributed by atoms with E-state index in [0.717, 1.165) is 46.6 Å². The molecule has 126 valence electrons. The van der Waals surface area contributed by atoms with E-state index in [1.54, 1.807) is 11.8 Å². The van der Waals surface area contributed by atoms with Crippen molar-refractivity contribution in [3.8, 4) is 11.5 Å². The van der Waals surface area contributed by atoms with Crippen molar-refractivity contribution >= 4 is 33.7 Å². The lowest BCUT2D eigenvalue weighted by atomic mass is 9.89. The van der Waals surface area contributed by atoms with Gasteiger partial charge in [0.05, 0.1) is 11.2 Å². The Labute approximate surface area is 154 Å². The lowest BCUT2D eigenvalue weighted by molar-refractivity contribution is -0.137. The summed E-state index contributed by atoms with van der Waals surface area (Å²) in [6.07, 6.45) is 3.33. The zero-order valence-corrected chi connectivity index (χ0v) is 15.6. The summed E-state index contributed by atoms with van der Waals surface area (Å²) in [5.74, 6) is 1.81. The van der Waals surface area contributed by atoms with Crippen molar-refractivity contribution < 1.29 is 14.6 Å². The van der Waals surface area contributed by atoms with Crippen molar-refractivity contribution in [2.24, 2.45) is 0 Å². The molecule has 1 atom stereocenters. The quantitative estimate of drug-likeness (QED) is 0.678. The van der Waals surface area contributed by atoms with Crippen molar-refractivity contribution in [2.75, 3.05) is 5.75 Å². The van der Waals surface area contributed by atoms with Gasteiger partial charge in [0.1, 0.15) is 11.5 Å². The zero-order valence-electron chi connectivity index (χ0n) is 13.2. The molecule has 3 nitrogen and oxygen atoms in total. The van der Waals surface area contributed by atoms with E-state index in [9.17, 15) is 9.90 Å². The second-order valence-corrected chi connectivity index (χ2v) is 8.34. The lowest BCUT2D eigenvalue weighted by Gasteiger charge is -2.36. The zero-order chi connectivity index (χ0) is 17.0. The minimum absolute atomic E-state index is 0.171. The number of thioether (sulfide) groups is 1. The van der Waals surface area contributed by atoms with Crippen molar-refractivity contribution in [3.63, 3.8) is 0 Å². The van der Waals surface area contributed by atoms with E-state index in [2.05, 4.69) is 15.9 Å². The van der Waals surface area contributed by atoms with Crippen molar-refractivity contribution in [1.29, 1.82) is 0 Å². The first-order chi connectivity index (χ1) is 11.6. The van der Waals surface area contributed by atoms with Gasteiger partial charge < -0.3 is 9.84 Å².